The highest BCUT2D eigenvalue weighted by Gasteiger charge is 2.29. The Morgan fingerprint density at radius 1 is 0.864 bits per heavy atom. The molecule has 0 bridgehead atoms. The van der Waals surface area contributed by atoms with Gasteiger partial charge in [-0.3, -0.25) is 0 Å². The summed E-state index contributed by atoms with van der Waals surface area (Å²) < 4.78 is 51.4. The maximum absolute atomic E-state index is 12.7. The number of hydrogen-bond acceptors (Lipinski definition) is 4. The summed E-state index contributed by atoms with van der Waals surface area (Å²) in [6.45, 7) is 4.88. The van der Waals surface area contributed by atoms with Gasteiger partial charge >= 0.3 is 0 Å². The van der Waals surface area contributed by atoms with Crippen LogP contribution in [0.4, 0.5) is 0 Å². The van der Waals surface area contributed by atoms with Crippen molar-refractivity contribution in [2.45, 2.75) is 25.2 Å². The number of hydrogen-bond donors (Lipinski definition) is 0. The average molecular weight is 346 g/mol. The SMILES string of the molecule is Cc1ccc(S(=O)(=O)N2CCCN(S(C)(=O)=O)CC2)cc1C. The Morgan fingerprint density at radius 3 is 2.05 bits per heavy atom. The zero-order valence-electron chi connectivity index (χ0n) is 13.1. The smallest absolute Gasteiger partial charge is 0.213 e. The van der Waals surface area contributed by atoms with E-state index in [1.54, 1.807) is 18.2 Å². The molecule has 1 saturated heterocycles. The summed E-state index contributed by atoms with van der Waals surface area (Å²) in [7, 11) is -6.86. The van der Waals surface area contributed by atoms with E-state index in [1.165, 1.54) is 8.61 Å². The minimum atomic E-state index is -3.58. The zero-order valence-corrected chi connectivity index (χ0v) is 14.7. The fraction of sp³-hybridized carbons (Fsp3) is 0.571. The Morgan fingerprint density at radius 2 is 1.45 bits per heavy atom. The predicted octanol–water partition coefficient (Wildman–Crippen LogP) is 0.959. The van der Waals surface area contributed by atoms with Crippen molar-refractivity contribution in [1.29, 1.82) is 0 Å². The molecule has 0 unspecified atom stereocenters. The van der Waals surface area contributed by atoms with E-state index in [0.29, 0.717) is 19.5 Å². The normalized spacial score (nSPS) is 19.0. The second-order valence-corrected chi connectivity index (χ2v) is 9.59. The van der Waals surface area contributed by atoms with E-state index < -0.39 is 20.0 Å². The van der Waals surface area contributed by atoms with E-state index in [-0.39, 0.29) is 18.0 Å². The van der Waals surface area contributed by atoms with Gasteiger partial charge in [-0.25, -0.2) is 21.1 Å². The minimum absolute atomic E-state index is 0.183. The zero-order chi connectivity index (χ0) is 16.5. The van der Waals surface area contributed by atoms with Gasteiger partial charge in [-0.15, -0.1) is 0 Å². The van der Waals surface area contributed by atoms with E-state index in [1.807, 2.05) is 13.8 Å². The molecule has 8 heteroatoms. The lowest BCUT2D eigenvalue weighted by molar-refractivity contribution is 0.406. The Kier molecular flexibility index (Phi) is 4.96. The molecule has 1 fully saturated rings. The van der Waals surface area contributed by atoms with Gasteiger partial charge in [0.2, 0.25) is 20.0 Å². The largest absolute Gasteiger partial charge is 0.243 e. The minimum Gasteiger partial charge on any atom is -0.213 e. The highest BCUT2D eigenvalue weighted by molar-refractivity contribution is 7.89. The number of sulfonamides is 2. The highest BCUT2D eigenvalue weighted by atomic mass is 32.2. The van der Waals surface area contributed by atoms with Crippen molar-refractivity contribution in [3.05, 3.63) is 29.3 Å². The quantitative estimate of drug-likeness (QED) is 0.817. The van der Waals surface area contributed by atoms with Gasteiger partial charge in [-0.2, -0.15) is 4.31 Å². The molecule has 1 aliphatic heterocycles. The van der Waals surface area contributed by atoms with Gasteiger partial charge in [0, 0.05) is 26.2 Å². The van der Waals surface area contributed by atoms with E-state index in [4.69, 9.17) is 0 Å². The van der Waals surface area contributed by atoms with Crippen LogP contribution in [0.25, 0.3) is 0 Å². The fourth-order valence-electron chi connectivity index (χ4n) is 2.47. The highest BCUT2D eigenvalue weighted by Crippen LogP contribution is 2.21. The third kappa shape index (κ3) is 3.68. The second kappa shape index (κ2) is 6.27. The van der Waals surface area contributed by atoms with Crippen molar-refractivity contribution >= 4 is 20.0 Å². The van der Waals surface area contributed by atoms with Crippen LogP contribution in [0.15, 0.2) is 23.1 Å². The lowest BCUT2D eigenvalue weighted by atomic mass is 10.1. The van der Waals surface area contributed by atoms with Gasteiger partial charge in [-0.1, -0.05) is 6.07 Å². The van der Waals surface area contributed by atoms with Crippen molar-refractivity contribution in [3.63, 3.8) is 0 Å². The average Bonchev–Trinajstić information content (AvgIpc) is 2.67. The van der Waals surface area contributed by atoms with E-state index in [2.05, 4.69) is 0 Å². The first-order valence-electron chi connectivity index (χ1n) is 7.15. The Balaban J connectivity index is 2.25. The Labute approximate surface area is 132 Å². The number of nitrogens with zero attached hydrogens (tertiary/aromatic N) is 2. The maximum atomic E-state index is 12.7. The molecule has 6 nitrogen and oxygen atoms in total. The summed E-state index contributed by atoms with van der Waals surface area (Å²) in [6, 6.07) is 5.07. The van der Waals surface area contributed by atoms with Crippen molar-refractivity contribution in [1.82, 2.24) is 8.61 Å². The molecule has 0 aliphatic carbocycles. The summed E-state index contributed by atoms with van der Waals surface area (Å²) in [4.78, 5) is 0.267. The molecule has 22 heavy (non-hydrogen) atoms. The van der Waals surface area contributed by atoms with Crippen LogP contribution in [-0.4, -0.2) is 57.9 Å². The standard InChI is InChI=1S/C14H22N2O4S2/c1-12-5-6-14(11-13(12)2)22(19,20)16-8-4-7-15(9-10-16)21(3,17)18/h5-6,11H,4,7-10H2,1-3H3. The summed E-state index contributed by atoms with van der Waals surface area (Å²) in [5, 5.41) is 0. The van der Waals surface area contributed by atoms with Gasteiger partial charge in [-0.05, 0) is 43.5 Å². The van der Waals surface area contributed by atoms with E-state index in [9.17, 15) is 16.8 Å². The summed E-state index contributed by atoms with van der Waals surface area (Å²) in [6.07, 6.45) is 1.65. The van der Waals surface area contributed by atoms with Crippen LogP contribution in [-0.2, 0) is 20.0 Å². The third-order valence-electron chi connectivity index (χ3n) is 4.00. The summed E-state index contributed by atoms with van der Waals surface area (Å²) in [5.74, 6) is 0. The molecular weight excluding hydrogens is 324 g/mol. The fourth-order valence-corrected chi connectivity index (χ4v) is 4.89. The van der Waals surface area contributed by atoms with Crippen molar-refractivity contribution in [3.8, 4) is 0 Å². The van der Waals surface area contributed by atoms with Crippen LogP contribution in [0.3, 0.4) is 0 Å². The third-order valence-corrected chi connectivity index (χ3v) is 7.20. The summed E-state index contributed by atoms with van der Waals surface area (Å²) >= 11 is 0. The molecule has 0 aromatic heterocycles. The van der Waals surface area contributed by atoms with Gasteiger partial charge in [0.05, 0.1) is 11.2 Å². The Bertz CT molecular complexity index is 757. The molecule has 0 saturated carbocycles. The molecule has 0 atom stereocenters. The summed E-state index contributed by atoms with van der Waals surface area (Å²) in [5.41, 5.74) is 1.96. The van der Waals surface area contributed by atoms with Crippen molar-refractivity contribution < 1.29 is 16.8 Å². The first-order chi connectivity index (χ1) is 10.1. The number of aryl methyl sites for hydroxylation is 2. The first-order valence-corrected chi connectivity index (χ1v) is 10.4. The van der Waals surface area contributed by atoms with Crippen LogP contribution in [0, 0.1) is 13.8 Å². The molecule has 2 rings (SSSR count). The molecule has 0 N–H and O–H groups in total. The number of benzene rings is 1. The van der Waals surface area contributed by atoms with Crippen LogP contribution < -0.4 is 0 Å². The van der Waals surface area contributed by atoms with Crippen LogP contribution in [0.5, 0.6) is 0 Å². The van der Waals surface area contributed by atoms with Crippen molar-refractivity contribution in [2.24, 2.45) is 0 Å². The lowest BCUT2D eigenvalue weighted by Gasteiger charge is -2.21. The molecule has 1 aliphatic rings. The molecular formula is C14H22N2O4S2. The second-order valence-electron chi connectivity index (χ2n) is 5.67. The van der Waals surface area contributed by atoms with Gasteiger partial charge in [0.1, 0.15) is 0 Å². The molecule has 1 aromatic rings. The predicted molar refractivity (Wildman–Crippen MR) is 85.7 cm³/mol. The van der Waals surface area contributed by atoms with Gasteiger partial charge in [0.25, 0.3) is 0 Å². The van der Waals surface area contributed by atoms with E-state index in [0.717, 1.165) is 17.4 Å². The first kappa shape index (κ1) is 17.4. The van der Waals surface area contributed by atoms with Gasteiger partial charge in [0.15, 0.2) is 0 Å². The van der Waals surface area contributed by atoms with Crippen LogP contribution in [0.2, 0.25) is 0 Å². The maximum Gasteiger partial charge on any atom is 0.243 e. The monoisotopic (exact) mass is 346 g/mol. The molecule has 0 radical (unpaired) electrons. The van der Waals surface area contributed by atoms with E-state index >= 15 is 0 Å². The molecule has 1 heterocycles. The van der Waals surface area contributed by atoms with Crippen LogP contribution in [0.1, 0.15) is 17.5 Å². The molecule has 0 spiro atoms. The topological polar surface area (TPSA) is 74.8 Å². The number of rotatable bonds is 3. The van der Waals surface area contributed by atoms with Crippen LogP contribution >= 0.6 is 0 Å². The van der Waals surface area contributed by atoms with Gasteiger partial charge < -0.3 is 0 Å². The molecule has 0 amide bonds. The van der Waals surface area contributed by atoms with Crippen molar-refractivity contribution in [2.75, 3.05) is 32.4 Å². The molecule has 124 valence electrons. The lowest BCUT2D eigenvalue weighted by Crippen LogP contribution is -2.36. The molecule has 1 aromatic carbocycles. The Hall–Kier alpha value is -0.960.